The fourth-order valence-corrected chi connectivity index (χ4v) is 6.46. The maximum Gasteiger partial charge on any atom is 0.373 e. The van der Waals surface area contributed by atoms with Crippen LogP contribution in [-0.2, 0) is 38.4 Å². The van der Waals surface area contributed by atoms with Crippen molar-refractivity contribution in [3.63, 3.8) is 0 Å². The minimum absolute atomic E-state index is 0.0302. The Labute approximate surface area is 390 Å². The number of aromatic carboxylic acids is 1. The quantitative estimate of drug-likeness (QED) is 0.0318. The highest BCUT2D eigenvalue weighted by atomic mass is 32.2. The molecule has 0 radical (unpaired) electrons. The van der Waals surface area contributed by atoms with Crippen molar-refractivity contribution in [2.24, 2.45) is 0 Å². The van der Waals surface area contributed by atoms with E-state index in [9.17, 15) is 24.0 Å². The van der Waals surface area contributed by atoms with Crippen LogP contribution in [0.4, 0.5) is 11.4 Å². The first-order chi connectivity index (χ1) is 30.8. The number of carbonyl (C=O) groups excluding carboxylic acids is 8. The Bertz CT molecular complexity index is 2060. The zero-order chi connectivity index (χ0) is 47.7. The number of carboxylic acid groups (broad SMARTS) is 1. The van der Waals surface area contributed by atoms with E-state index in [4.69, 9.17) is 33.8 Å². The minimum atomic E-state index is -1.08. The van der Waals surface area contributed by atoms with Gasteiger partial charge in [0.05, 0.1) is 5.56 Å². The molecule has 0 aromatic heterocycles. The maximum absolute atomic E-state index is 13.0. The van der Waals surface area contributed by atoms with Gasteiger partial charge in [0.2, 0.25) is 11.8 Å². The number of nitrogens with one attached hydrogen (secondary N) is 4. The second kappa shape index (κ2) is 33.5. The fraction of sp³-hybridized carbons (Fsp3) is 0.295. The van der Waals surface area contributed by atoms with Crippen LogP contribution >= 0.6 is 48.8 Å². The molecule has 4 rings (SSSR count). The van der Waals surface area contributed by atoms with E-state index in [0.717, 1.165) is 28.4 Å². The Kier molecular flexibility index (Phi) is 29.3. The second-order valence-corrected chi connectivity index (χ2v) is 15.5. The number of amides is 2. The van der Waals surface area contributed by atoms with Gasteiger partial charge in [0.1, 0.15) is 35.7 Å². The smallest absolute Gasteiger partial charge is 0.373 e. The van der Waals surface area contributed by atoms with Gasteiger partial charge in [0, 0.05) is 22.9 Å². The third-order valence-electron chi connectivity index (χ3n) is 8.21. The number of hydrogen-bond acceptors (Lipinski definition) is 17. The molecule has 16 nitrogen and oxygen atoms in total. The Hall–Kier alpha value is -6.01. The average Bonchev–Trinajstić information content (AvgIpc) is 3.29. The van der Waals surface area contributed by atoms with E-state index in [2.05, 4.69) is 46.5 Å². The van der Waals surface area contributed by atoms with Crippen molar-refractivity contribution in [1.82, 2.24) is 10.6 Å². The van der Waals surface area contributed by atoms with Gasteiger partial charge in [0.15, 0.2) is 0 Å². The summed E-state index contributed by atoms with van der Waals surface area (Å²) in [6, 6.07) is 28.7. The van der Waals surface area contributed by atoms with Crippen molar-refractivity contribution < 1.29 is 57.7 Å². The molecular weight excluding hydrogens is 905 g/mol. The summed E-state index contributed by atoms with van der Waals surface area (Å²) in [5.41, 5.74) is 2.79. The summed E-state index contributed by atoms with van der Waals surface area (Å²) in [6.45, 7) is 1.97. The van der Waals surface area contributed by atoms with E-state index in [0.29, 0.717) is 18.6 Å². The van der Waals surface area contributed by atoms with Crippen LogP contribution in [0.2, 0.25) is 0 Å². The van der Waals surface area contributed by atoms with E-state index in [-0.39, 0.29) is 41.0 Å². The maximum atomic E-state index is 13.0. The molecule has 0 saturated carbocycles. The first-order valence-corrected chi connectivity index (χ1v) is 23.1. The summed E-state index contributed by atoms with van der Waals surface area (Å²) < 4.78 is 10.7. The van der Waals surface area contributed by atoms with Crippen molar-refractivity contribution in [1.29, 1.82) is 0 Å². The van der Waals surface area contributed by atoms with E-state index in [1.54, 1.807) is 35.7 Å². The third-order valence-corrected chi connectivity index (χ3v) is 10.2. The SMILES string of the molecule is CSCCC(Nc1ccccc1)C(=O)NC(CCSC)C(=O)Oc1ccc(C)cc1.O=C(O)c1ccc(OC(=O)C(CS)NC(=O)C(CS)Nc2ccccc2)cc1.O=C=O.O=C=O. The number of aryl methyl sites for hydroxylation is 1. The van der Waals surface area contributed by atoms with Gasteiger partial charge in [0.25, 0.3) is 0 Å². The van der Waals surface area contributed by atoms with Crippen molar-refractivity contribution in [2.45, 2.75) is 43.9 Å². The molecule has 4 aromatic carbocycles. The number of hydrogen-bond donors (Lipinski definition) is 7. The van der Waals surface area contributed by atoms with Gasteiger partial charge in [-0.05, 0) is 104 Å². The number of thioether (sulfide) groups is 2. The Morgan fingerprint density at radius 2 is 0.953 bits per heavy atom. The number of anilines is 2. The normalized spacial score (nSPS) is 11.6. The topological polar surface area (TPSA) is 240 Å². The Morgan fingerprint density at radius 3 is 1.38 bits per heavy atom. The number of rotatable bonds is 21. The number of thiol groups is 2. The number of esters is 2. The number of benzene rings is 4. The lowest BCUT2D eigenvalue weighted by atomic mass is 10.1. The number of para-hydroxylation sites is 2. The van der Waals surface area contributed by atoms with Crippen LogP contribution in [0.3, 0.4) is 0 Å². The molecule has 64 heavy (non-hydrogen) atoms. The Balaban J connectivity index is 0.000000571. The second-order valence-electron chi connectivity index (χ2n) is 12.8. The predicted molar refractivity (Wildman–Crippen MR) is 251 cm³/mol. The van der Waals surface area contributed by atoms with Crippen LogP contribution in [0.25, 0.3) is 0 Å². The van der Waals surface area contributed by atoms with E-state index in [1.165, 1.54) is 24.3 Å². The summed E-state index contributed by atoms with van der Waals surface area (Å²) >= 11 is 11.6. The zero-order valence-electron chi connectivity index (χ0n) is 35.1. The highest BCUT2D eigenvalue weighted by molar-refractivity contribution is 7.98. The molecule has 0 aliphatic rings. The van der Waals surface area contributed by atoms with Crippen LogP contribution in [0.15, 0.2) is 109 Å². The lowest BCUT2D eigenvalue weighted by Crippen LogP contribution is -2.50. The zero-order valence-corrected chi connectivity index (χ0v) is 38.5. The van der Waals surface area contributed by atoms with Gasteiger partial charge in [-0.3, -0.25) is 9.59 Å². The Morgan fingerprint density at radius 1 is 0.578 bits per heavy atom. The summed E-state index contributed by atoms with van der Waals surface area (Å²) in [4.78, 5) is 94.0. The lowest BCUT2D eigenvalue weighted by molar-refractivity contribution is -0.193. The van der Waals surface area contributed by atoms with Crippen LogP contribution < -0.4 is 30.7 Å². The molecule has 0 heterocycles. The minimum Gasteiger partial charge on any atom is -0.478 e. The molecule has 0 saturated heterocycles. The summed E-state index contributed by atoms with van der Waals surface area (Å²) in [7, 11) is 0. The molecule has 0 fully saturated rings. The number of carboxylic acids is 1. The van der Waals surface area contributed by atoms with Crippen molar-refractivity contribution in [3.8, 4) is 11.5 Å². The summed E-state index contributed by atoms with van der Waals surface area (Å²) in [5, 5.41) is 20.7. The van der Waals surface area contributed by atoms with Gasteiger partial charge < -0.3 is 35.8 Å². The van der Waals surface area contributed by atoms with Gasteiger partial charge >= 0.3 is 30.2 Å². The molecule has 0 bridgehead atoms. The first-order valence-electron chi connectivity index (χ1n) is 19.1. The van der Waals surface area contributed by atoms with Crippen LogP contribution in [0.1, 0.15) is 28.8 Å². The number of carbonyl (C=O) groups is 5. The largest absolute Gasteiger partial charge is 0.478 e. The molecule has 2 amide bonds. The lowest BCUT2D eigenvalue weighted by Gasteiger charge is -2.23. The van der Waals surface area contributed by atoms with Crippen LogP contribution in [0.5, 0.6) is 11.5 Å². The molecule has 5 N–H and O–H groups in total. The van der Waals surface area contributed by atoms with Gasteiger partial charge in [-0.25, -0.2) is 14.4 Å². The van der Waals surface area contributed by atoms with Gasteiger partial charge in [-0.2, -0.15) is 68.0 Å². The molecule has 0 aliphatic carbocycles. The molecule has 342 valence electrons. The van der Waals surface area contributed by atoms with E-state index in [1.807, 2.05) is 92.2 Å². The highest BCUT2D eigenvalue weighted by Gasteiger charge is 2.28. The molecule has 4 unspecified atom stereocenters. The van der Waals surface area contributed by atoms with Gasteiger partial charge in [-0.15, -0.1) is 0 Å². The van der Waals surface area contributed by atoms with Crippen molar-refractivity contribution >= 4 is 102 Å². The molecule has 4 atom stereocenters. The average molecular weight is 955 g/mol. The first kappa shape index (κ1) is 56.0. The predicted octanol–water partition coefficient (Wildman–Crippen LogP) is 5.32. The molecule has 0 aliphatic heterocycles. The van der Waals surface area contributed by atoms with Gasteiger partial charge in [-0.1, -0.05) is 54.1 Å². The molecule has 4 aromatic rings. The van der Waals surface area contributed by atoms with Crippen molar-refractivity contribution in [2.75, 3.05) is 46.2 Å². The fourth-order valence-electron chi connectivity index (χ4n) is 5.02. The summed E-state index contributed by atoms with van der Waals surface area (Å²) in [6.07, 6.45) is 5.66. The van der Waals surface area contributed by atoms with Crippen molar-refractivity contribution in [3.05, 3.63) is 120 Å². The summed E-state index contributed by atoms with van der Waals surface area (Å²) in [5.74, 6) is -0.364. The van der Waals surface area contributed by atoms with E-state index >= 15 is 0 Å². The van der Waals surface area contributed by atoms with Crippen LogP contribution in [0, 0.1) is 6.92 Å². The molecule has 0 spiro atoms. The van der Waals surface area contributed by atoms with E-state index < -0.39 is 48.0 Å². The third kappa shape index (κ3) is 22.9. The molecule has 20 heteroatoms. The number of ether oxygens (including phenoxy) is 2. The highest BCUT2D eigenvalue weighted by Crippen LogP contribution is 2.17. The molecular formula is C44H50N4O12S4. The van der Waals surface area contributed by atoms with Crippen LogP contribution in [-0.4, -0.2) is 107 Å². The standard InChI is InChI=1S/C23H30N2O3S2.C19H20N2O5S2.2CO2/c1-17-9-11-19(12-10-17)28-23(27)21(14-16-30-3)25-22(26)20(13-15-29-2)24-18-7-5-4-6-8-18;22-17(15(10-27)20-13-4-2-1-3-5-13)21-16(11-28)19(25)26-14-8-6-12(7-9-14)18(23)24;2*2-1-3/h4-12,20-21,24H,13-16H2,1-3H3,(H,25,26);1-9,15-16,20,27-28H,10-11H2,(H,21,22)(H,23,24);;. The monoisotopic (exact) mass is 954 g/mol.